The van der Waals surface area contributed by atoms with E-state index in [1.165, 1.54) is 20.8 Å². The number of hydrogen-bond acceptors (Lipinski definition) is 8. The van der Waals surface area contributed by atoms with E-state index in [9.17, 15) is 19.2 Å². The van der Waals surface area contributed by atoms with Crippen LogP contribution in [0.1, 0.15) is 66.4 Å². The Labute approximate surface area is 183 Å². The van der Waals surface area contributed by atoms with E-state index in [0.29, 0.717) is 0 Å². The van der Waals surface area contributed by atoms with Gasteiger partial charge >= 0.3 is 23.9 Å². The normalized spacial score (nSPS) is 15.7. The maximum absolute atomic E-state index is 12.8. The summed E-state index contributed by atoms with van der Waals surface area (Å²) in [6.07, 6.45) is -2.73. The molecule has 172 valence electrons. The summed E-state index contributed by atoms with van der Waals surface area (Å²) in [6, 6.07) is 9.49. The molecule has 0 N–H and O–H groups in total. The summed E-state index contributed by atoms with van der Waals surface area (Å²) in [4.78, 5) is 48.4. The van der Waals surface area contributed by atoms with E-state index in [4.69, 9.17) is 18.9 Å². The van der Waals surface area contributed by atoms with Crippen LogP contribution < -0.4 is 0 Å². The Hall–Kier alpha value is -2.90. The van der Waals surface area contributed by atoms with Gasteiger partial charge in [-0.15, -0.1) is 0 Å². The van der Waals surface area contributed by atoms with E-state index in [1.807, 2.05) is 37.3 Å². The molecule has 0 heterocycles. The summed E-state index contributed by atoms with van der Waals surface area (Å²) >= 11 is 0. The van der Waals surface area contributed by atoms with Crippen LogP contribution in [0.2, 0.25) is 0 Å². The van der Waals surface area contributed by atoms with Crippen molar-refractivity contribution in [3.05, 3.63) is 35.9 Å². The first-order chi connectivity index (χ1) is 14.4. The lowest BCUT2D eigenvalue weighted by molar-refractivity contribution is -0.194. The van der Waals surface area contributed by atoms with Crippen molar-refractivity contribution < 1.29 is 38.1 Å². The monoisotopic (exact) mass is 436 g/mol. The number of esters is 4. The number of ether oxygens (including phenoxy) is 4. The molecule has 8 nitrogen and oxygen atoms in total. The van der Waals surface area contributed by atoms with Crippen LogP contribution in [0, 0.1) is 0 Å². The Morgan fingerprint density at radius 1 is 0.839 bits per heavy atom. The molecule has 0 bridgehead atoms. The third-order valence-corrected chi connectivity index (χ3v) is 4.46. The molecule has 1 aromatic rings. The van der Waals surface area contributed by atoms with Gasteiger partial charge in [0.2, 0.25) is 5.60 Å². The molecule has 0 aliphatic heterocycles. The van der Waals surface area contributed by atoms with E-state index in [1.54, 1.807) is 13.8 Å². The first kappa shape index (κ1) is 26.1. The van der Waals surface area contributed by atoms with Crippen LogP contribution in [0.3, 0.4) is 0 Å². The first-order valence-corrected chi connectivity index (χ1v) is 10.2. The predicted molar refractivity (Wildman–Crippen MR) is 112 cm³/mol. The van der Waals surface area contributed by atoms with Crippen LogP contribution in [0.15, 0.2) is 30.3 Å². The van der Waals surface area contributed by atoms with Crippen molar-refractivity contribution in [2.45, 2.75) is 84.7 Å². The number of rotatable bonds is 10. The molecule has 8 heteroatoms. The molecule has 0 radical (unpaired) electrons. The number of benzene rings is 1. The molecule has 0 aromatic heterocycles. The highest BCUT2D eigenvalue weighted by Crippen LogP contribution is 2.30. The third kappa shape index (κ3) is 8.39. The molecule has 0 fully saturated rings. The molecular weight excluding hydrogens is 404 g/mol. The zero-order valence-electron chi connectivity index (χ0n) is 19.2. The summed E-state index contributed by atoms with van der Waals surface area (Å²) < 4.78 is 20.6. The maximum atomic E-state index is 12.8. The molecule has 0 amide bonds. The van der Waals surface area contributed by atoms with Crippen LogP contribution in [0.25, 0.3) is 0 Å². The summed E-state index contributed by atoms with van der Waals surface area (Å²) in [5.41, 5.74) is -0.629. The summed E-state index contributed by atoms with van der Waals surface area (Å²) in [7, 11) is 0. The van der Waals surface area contributed by atoms with Gasteiger partial charge < -0.3 is 18.9 Å². The molecule has 1 rings (SSSR count). The fourth-order valence-corrected chi connectivity index (χ4v) is 2.91. The number of carbonyl (C=O) groups excluding carboxylic acids is 4. The lowest BCUT2D eigenvalue weighted by Crippen LogP contribution is -2.46. The summed E-state index contributed by atoms with van der Waals surface area (Å²) in [5.74, 6) is -3.28. The second-order valence-corrected chi connectivity index (χ2v) is 7.95. The van der Waals surface area contributed by atoms with Crippen molar-refractivity contribution in [3.8, 4) is 0 Å². The van der Waals surface area contributed by atoms with Gasteiger partial charge in [-0.2, -0.15) is 0 Å². The van der Waals surface area contributed by atoms with Gasteiger partial charge in [-0.1, -0.05) is 37.3 Å². The lowest BCUT2D eigenvalue weighted by Gasteiger charge is -2.31. The SMILES string of the molecule is CC(=O)OC(C)C(=O)OC(C)C(=O)OC(C)(CC(C)c1ccccc1)C(=O)OC(C)C. The fourth-order valence-electron chi connectivity index (χ4n) is 2.91. The number of hydrogen-bond donors (Lipinski definition) is 0. The van der Waals surface area contributed by atoms with E-state index < -0.39 is 47.8 Å². The zero-order valence-corrected chi connectivity index (χ0v) is 19.2. The minimum absolute atomic E-state index is 0.124. The van der Waals surface area contributed by atoms with Gasteiger partial charge in [0, 0.05) is 13.3 Å². The highest BCUT2D eigenvalue weighted by Gasteiger charge is 2.42. The lowest BCUT2D eigenvalue weighted by atomic mass is 9.88. The van der Waals surface area contributed by atoms with Crippen LogP contribution >= 0.6 is 0 Å². The molecule has 0 saturated carbocycles. The van der Waals surface area contributed by atoms with E-state index in [0.717, 1.165) is 12.5 Å². The van der Waals surface area contributed by atoms with E-state index >= 15 is 0 Å². The maximum Gasteiger partial charge on any atom is 0.350 e. The molecule has 4 unspecified atom stereocenters. The average Bonchev–Trinajstić information content (AvgIpc) is 2.67. The molecule has 0 saturated heterocycles. The van der Waals surface area contributed by atoms with Crippen molar-refractivity contribution in [3.63, 3.8) is 0 Å². The van der Waals surface area contributed by atoms with E-state index in [2.05, 4.69) is 0 Å². The fraction of sp³-hybridized carbons (Fsp3) is 0.565. The van der Waals surface area contributed by atoms with Crippen molar-refractivity contribution in [2.75, 3.05) is 0 Å². The highest BCUT2D eigenvalue weighted by atomic mass is 16.6. The van der Waals surface area contributed by atoms with Gasteiger partial charge in [-0.05, 0) is 46.1 Å². The smallest absolute Gasteiger partial charge is 0.350 e. The first-order valence-electron chi connectivity index (χ1n) is 10.2. The van der Waals surface area contributed by atoms with Crippen molar-refractivity contribution in [1.82, 2.24) is 0 Å². The van der Waals surface area contributed by atoms with E-state index in [-0.39, 0.29) is 12.3 Å². The molecular formula is C23H32O8. The van der Waals surface area contributed by atoms with Gasteiger partial charge in [-0.3, -0.25) is 4.79 Å². The van der Waals surface area contributed by atoms with Crippen LogP contribution in [-0.2, 0) is 38.1 Å². The molecule has 0 aliphatic rings. The molecule has 1 aromatic carbocycles. The highest BCUT2D eigenvalue weighted by molar-refractivity contribution is 5.86. The average molecular weight is 437 g/mol. The molecule has 0 spiro atoms. The second-order valence-electron chi connectivity index (χ2n) is 7.95. The van der Waals surface area contributed by atoms with Crippen LogP contribution in [0.5, 0.6) is 0 Å². The standard InChI is InChI=1S/C23H32O8/c1-14(2)28-22(27)23(7,13-15(3)19-11-9-8-10-12-19)31-21(26)17(5)30-20(25)16(4)29-18(6)24/h8-12,14-17H,13H2,1-7H3. The predicted octanol–water partition coefficient (Wildman–Crippen LogP) is 3.32. The second kappa shape index (κ2) is 11.5. The summed E-state index contributed by atoms with van der Waals surface area (Å²) in [6.45, 7) is 10.6. The minimum Gasteiger partial charge on any atom is -0.460 e. The number of carbonyl (C=O) groups is 4. The zero-order chi connectivity index (χ0) is 23.8. The Balaban J connectivity index is 2.95. The van der Waals surface area contributed by atoms with Crippen LogP contribution in [-0.4, -0.2) is 47.8 Å². The van der Waals surface area contributed by atoms with Gasteiger partial charge in [-0.25, -0.2) is 14.4 Å². The van der Waals surface area contributed by atoms with Crippen molar-refractivity contribution in [1.29, 1.82) is 0 Å². The van der Waals surface area contributed by atoms with Gasteiger partial charge in [0.15, 0.2) is 12.2 Å². The Kier molecular flexibility index (Phi) is 9.68. The Bertz CT molecular complexity index is 773. The Morgan fingerprint density at radius 2 is 1.39 bits per heavy atom. The van der Waals surface area contributed by atoms with Gasteiger partial charge in [0.05, 0.1) is 6.10 Å². The Morgan fingerprint density at radius 3 is 1.90 bits per heavy atom. The summed E-state index contributed by atoms with van der Waals surface area (Å²) in [5, 5.41) is 0. The third-order valence-electron chi connectivity index (χ3n) is 4.46. The van der Waals surface area contributed by atoms with Crippen molar-refractivity contribution in [2.24, 2.45) is 0 Å². The molecule has 31 heavy (non-hydrogen) atoms. The van der Waals surface area contributed by atoms with Gasteiger partial charge in [0.25, 0.3) is 0 Å². The minimum atomic E-state index is -1.60. The van der Waals surface area contributed by atoms with Crippen molar-refractivity contribution >= 4 is 23.9 Å². The quantitative estimate of drug-likeness (QED) is 0.406. The topological polar surface area (TPSA) is 105 Å². The van der Waals surface area contributed by atoms with Gasteiger partial charge in [0.1, 0.15) is 0 Å². The molecule has 4 atom stereocenters. The van der Waals surface area contributed by atoms with Crippen LogP contribution in [0.4, 0.5) is 0 Å². The largest absolute Gasteiger partial charge is 0.460 e. The molecule has 0 aliphatic carbocycles.